The van der Waals surface area contributed by atoms with Crippen LogP contribution in [0.25, 0.3) is 0 Å². The first-order valence-electron chi connectivity index (χ1n) is 9.40. The summed E-state index contributed by atoms with van der Waals surface area (Å²) in [7, 11) is 0. The van der Waals surface area contributed by atoms with E-state index in [1.54, 1.807) is 24.3 Å². The number of carbonyl (C=O) groups excluding carboxylic acids is 2. The molecule has 0 atom stereocenters. The second kappa shape index (κ2) is 10.0. The van der Waals surface area contributed by atoms with Gasteiger partial charge in [-0.1, -0.05) is 25.5 Å². The van der Waals surface area contributed by atoms with Gasteiger partial charge in [-0.2, -0.15) is 0 Å². The fourth-order valence-corrected chi connectivity index (χ4v) is 2.92. The summed E-state index contributed by atoms with van der Waals surface area (Å²) in [6, 6.07) is 6.85. The van der Waals surface area contributed by atoms with Crippen molar-refractivity contribution in [3.63, 3.8) is 0 Å². The van der Waals surface area contributed by atoms with Crippen LogP contribution in [0.4, 0.5) is 0 Å². The number of allylic oxidation sites excluding steroid dienone is 1. The quantitative estimate of drug-likeness (QED) is 0.699. The molecule has 4 heteroatoms. The lowest BCUT2D eigenvalue weighted by molar-refractivity contribution is 0.0941. The van der Waals surface area contributed by atoms with Crippen molar-refractivity contribution in [3.8, 4) is 0 Å². The highest BCUT2D eigenvalue weighted by atomic mass is 16.2. The Morgan fingerprint density at radius 3 is 2.08 bits per heavy atom. The molecule has 25 heavy (non-hydrogen) atoms. The third kappa shape index (κ3) is 6.73. The van der Waals surface area contributed by atoms with Crippen LogP contribution in [0, 0.1) is 5.92 Å². The fourth-order valence-electron chi connectivity index (χ4n) is 2.92. The van der Waals surface area contributed by atoms with Gasteiger partial charge < -0.3 is 10.6 Å². The minimum atomic E-state index is -0.0863. The molecular formula is C21H30N2O2. The fraction of sp³-hybridized carbons (Fsp3) is 0.524. The van der Waals surface area contributed by atoms with Gasteiger partial charge in [0.15, 0.2) is 0 Å². The van der Waals surface area contributed by atoms with Crippen molar-refractivity contribution >= 4 is 11.8 Å². The third-order valence-electron chi connectivity index (χ3n) is 4.53. The molecule has 0 fully saturated rings. The molecule has 0 saturated carbocycles. The molecule has 0 spiro atoms. The largest absolute Gasteiger partial charge is 0.352 e. The van der Waals surface area contributed by atoms with Gasteiger partial charge in [0.2, 0.25) is 0 Å². The molecule has 2 rings (SSSR count). The molecule has 1 aromatic rings. The van der Waals surface area contributed by atoms with Crippen molar-refractivity contribution in [2.75, 3.05) is 13.1 Å². The Hall–Kier alpha value is -2.10. The van der Waals surface area contributed by atoms with E-state index in [0.717, 1.165) is 19.3 Å². The molecule has 136 valence electrons. The van der Waals surface area contributed by atoms with Crippen molar-refractivity contribution in [2.45, 2.75) is 52.4 Å². The lowest BCUT2D eigenvalue weighted by Gasteiger charge is -2.13. The van der Waals surface area contributed by atoms with Gasteiger partial charge in [-0.05, 0) is 68.7 Å². The molecule has 2 amide bonds. The maximum atomic E-state index is 12.2. The van der Waals surface area contributed by atoms with Crippen molar-refractivity contribution in [1.82, 2.24) is 10.6 Å². The van der Waals surface area contributed by atoms with Crippen LogP contribution in [0.15, 0.2) is 35.9 Å². The first-order chi connectivity index (χ1) is 12.1. The molecule has 1 aliphatic rings. The molecule has 0 unspecified atom stereocenters. The zero-order valence-electron chi connectivity index (χ0n) is 15.4. The summed E-state index contributed by atoms with van der Waals surface area (Å²) in [6.45, 7) is 5.60. The molecule has 0 radical (unpaired) electrons. The van der Waals surface area contributed by atoms with Gasteiger partial charge >= 0.3 is 0 Å². The third-order valence-corrected chi connectivity index (χ3v) is 4.53. The van der Waals surface area contributed by atoms with Gasteiger partial charge in [-0.15, -0.1) is 0 Å². The number of amides is 2. The second-order valence-corrected chi connectivity index (χ2v) is 7.13. The summed E-state index contributed by atoms with van der Waals surface area (Å²) in [5, 5.41) is 5.87. The number of rotatable bonds is 8. The first-order valence-corrected chi connectivity index (χ1v) is 9.40. The number of nitrogens with one attached hydrogen (secondary N) is 2. The number of hydrogen-bond donors (Lipinski definition) is 2. The van der Waals surface area contributed by atoms with E-state index in [-0.39, 0.29) is 11.8 Å². The average molecular weight is 342 g/mol. The Morgan fingerprint density at radius 1 is 0.960 bits per heavy atom. The summed E-state index contributed by atoms with van der Waals surface area (Å²) >= 11 is 0. The van der Waals surface area contributed by atoms with Crippen LogP contribution in [-0.4, -0.2) is 24.9 Å². The van der Waals surface area contributed by atoms with Crippen molar-refractivity contribution in [1.29, 1.82) is 0 Å². The van der Waals surface area contributed by atoms with Gasteiger partial charge in [0.05, 0.1) is 0 Å². The van der Waals surface area contributed by atoms with Crippen LogP contribution in [0.2, 0.25) is 0 Å². The van der Waals surface area contributed by atoms with E-state index in [2.05, 4.69) is 30.6 Å². The van der Waals surface area contributed by atoms with Crippen LogP contribution >= 0.6 is 0 Å². The molecule has 1 aliphatic carbocycles. The first kappa shape index (κ1) is 19.2. The lowest BCUT2D eigenvalue weighted by atomic mass is 9.97. The molecule has 2 N–H and O–H groups in total. The van der Waals surface area contributed by atoms with Gasteiger partial charge in [0, 0.05) is 24.2 Å². The predicted octanol–water partition coefficient (Wildman–Crippen LogP) is 4.08. The maximum Gasteiger partial charge on any atom is 0.251 e. The molecular weight excluding hydrogens is 312 g/mol. The number of hydrogen-bond acceptors (Lipinski definition) is 2. The standard InChI is InChI=1S/C21H30N2O2/c1-16(2)12-14-22-20(24)18-8-10-19(11-9-18)21(25)23-15-13-17-6-4-3-5-7-17/h6,8-11,16H,3-5,7,12-15H2,1-2H3,(H,22,24)(H,23,25). The molecule has 1 aromatic carbocycles. The summed E-state index contributed by atoms with van der Waals surface area (Å²) < 4.78 is 0. The van der Waals surface area contributed by atoms with Crippen LogP contribution in [0.5, 0.6) is 0 Å². The Morgan fingerprint density at radius 2 is 1.56 bits per heavy atom. The summed E-state index contributed by atoms with van der Waals surface area (Å²) in [5.41, 5.74) is 2.64. The molecule has 0 saturated heterocycles. The molecule has 0 aromatic heterocycles. The SMILES string of the molecule is CC(C)CCNC(=O)c1ccc(C(=O)NCCC2=CCCCC2)cc1. The Labute approximate surface area is 151 Å². The summed E-state index contributed by atoms with van der Waals surface area (Å²) in [4.78, 5) is 24.2. The second-order valence-electron chi connectivity index (χ2n) is 7.13. The van der Waals surface area contributed by atoms with Crippen molar-refractivity contribution in [3.05, 3.63) is 47.0 Å². The van der Waals surface area contributed by atoms with Gasteiger partial charge in [-0.3, -0.25) is 9.59 Å². The minimum absolute atomic E-state index is 0.0804. The Kier molecular flexibility index (Phi) is 7.71. The van der Waals surface area contributed by atoms with Crippen molar-refractivity contribution in [2.24, 2.45) is 5.92 Å². The highest BCUT2D eigenvalue weighted by Crippen LogP contribution is 2.19. The van der Waals surface area contributed by atoms with E-state index in [0.29, 0.717) is 30.1 Å². The van der Waals surface area contributed by atoms with E-state index in [1.807, 2.05) is 0 Å². The predicted molar refractivity (Wildman–Crippen MR) is 102 cm³/mol. The zero-order chi connectivity index (χ0) is 18.1. The van der Waals surface area contributed by atoms with E-state index >= 15 is 0 Å². The van der Waals surface area contributed by atoms with E-state index in [4.69, 9.17) is 0 Å². The highest BCUT2D eigenvalue weighted by molar-refractivity contribution is 5.97. The smallest absolute Gasteiger partial charge is 0.251 e. The van der Waals surface area contributed by atoms with Crippen LogP contribution in [0.3, 0.4) is 0 Å². The van der Waals surface area contributed by atoms with Crippen LogP contribution in [0.1, 0.15) is 73.1 Å². The normalized spacial score (nSPS) is 14.1. The highest BCUT2D eigenvalue weighted by Gasteiger charge is 2.09. The van der Waals surface area contributed by atoms with Crippen molar-refractivity contribution < 1.29 is 9.59 Å². The van der Waals surface area contributed by atoms with Gasteiger partial charge in [0.1, 0.15) is 0 Å². The average Bonchev–Trinajstić information content (AvgIpc) is 2.62. The minimum Gasteiger partial charge on any atom is -0.352 e. The molecule has 0 bridgehead atoms. The Bertz CT molecular complexity index is 603. The lowest BCUT2D eigenvalue weighted by Crippen LogP contribution is -2.26. The van der Waals surface area contributed by atoms with E-state index in [9.17, 15) is 9.59 Å². The van der Waals surface area contributed by atoms with Gasteiger partial charge in [0.25, 0.3) is 11.8 Å². The maximum absolute atomic E-state index is 12.2. The monoisotopic (exact) mass is 342 g/mol. The van der Waals surface area contributed by atoms with E-state index in [1.165, 1.54) is 24.8 Å². The van der Waals surface area contributed by atoms with Gasteiger partial charge in [-0.25, -0.2) is 0 Å². The number of benzene rings is 1. The summed E-state index contributed by atoms with van der Waals surface area (Å²) in [6.07, 6.45) is 9.08. The summed E-state index contributed by atoms with van der Waals surface area (Å²) in [5.74, 6) is 0.399. The van der Waals surface area contributed by atoms with Crippen LogP contribution < -0.4 is 10.6 Å². The zero-order valence-corrected chi connectivity index (χ0v) is 15.4. The number of carbonyl (C=O) groups is 2. The van der Waals surface area contributed by atoms with E-state index < -0.39 is 0 Å². The topological polar surface area (TPSA) is 58.2 Å². The molecule has 4 nitrogen and oxygen atoms in total. The molecule has 0 aliphatic heterocycles. The van der Waals surface area contributed by atoms with Crippen LogP contribution in [-0.2, 0) is 0 Å². The Balaban J connectivity index is 1.77. The molecule has 0 heterocycles.